The van der Waals surface area contributed by atoms with Crippen molar-refractivity contribution in [2.75, 3.05) is 14.1 Å². The third kappa shape index (κ3) is 3.88. The van der Waals surface area contributed by atoms with Gasteiger partial charge in [0.1, 0.15) is 0 Å². The highest BCUT2D eigenvalue weighted by Crippen LogP contribution is 2.22. The third-order valence-electron chi connectivity index (χ3n) is 3.09. The number of hydrogen-bond acceptors (Lipinski definition) is 1. The summed E-state index contributed by atoms with van der Waals surface area (Å²) in [6.45, 7) is 6.59. The molecule has 0 atom stereocenters. The Hall–Kier alpha value is -1.31. The zero-order chi connectivity index (χ0) is 13.0. The fraction of sp³-hybridized carbons (Fsp3) is 0.533. The first kappa shape index (κ1) is 13.8. The van der Waals surface area contributed by atoms with Crippen LogP contribution in [0.5, 0.6) is 0 Å². The highest BCUT2D eigenvalue weighted by molar-refractivity contribution is 5.78. The minimum absolute atomic E-state index is 0.555. The van der Waals surface area contributed by atoms with E-state index >= 15 is 0 Å². The second kappa shape index (κ2) is 5.85. The summed E-state index contributed by atoms with van der Waals surface area (Å²) in [5.41, 5.74) is 4.12. The molecule has 0 heterocycles. The van der Waals surface area contributed by atoms with Crippen LogP contribution in [-0.2, 0) is 6.42 Å². The summed E-state index contributed by atoms with van der Waals surface area (Å²) in [6.07, 6.45) is 1.78. The van der Waals surface area contributed by atoms with E-state index in [4.69, 9.17) is 5.41 Å². The first-order valence-corrected chi connectivity index (χ1v) is 6.26. The molecular weight excluding hydrogens is 208 g/mol. The number of nitrogens with zero attached hydrogens (tertiary/aromatic N) is 1. The van der Waals surface area contributed by atoms with Gasteiger partial charge in [-0.05, 0) is 30.4 Å². The van der Waals surface area contributed by atoms with E-state index in [9.17, 15) is 0 Å². The first-order valence-electron chi connectivity index (χ1n) is 6.26. The monoisotopic (exact) mass is 232 g/mol. The van der Waals surface area contributed by atoms with E-state index in [2.05, 4.69) is 39.0 Å². The molecule has 0 amide bonds. The third-order valence-corrected chi connectivity index (χ3v) is 3.09. The molecule has 1 aromatic rings. The number of rotatable bonds is 4. The van der Waals surface area contributed by atoms with Crippen molar-refractivity contribution in [3.63, 3.8) is 0 Å². The molecule has 0 saturated heterocycles. The topological polar surface area (TPSA) is 27.1 Å². The molecule has 1 rings (SSSR count). The van der Waals surface area contributed by atoms with Gasteiger partial charge in [0, 0.05) is 20.5 Å². The number of hydrogen-bond donors (Lipinski definition) is 1. The number of amidine groups is 1. The number of benzene rings is 1. The minimum atomic E-state index is 0.555. The zero-order valence-corrected chi connectivity index (χ0v) is 11.7. The van der Waals surface area contributed by atoms with E-state index in [0.29, 0.717) is 11.8 Å². The molecular formula is C15H24N2. The van der Waals surface area contributed by atoms with Gasteiger partial charge >= 0.3 is 0 Å². The van der Waals surface area contributed by atoms with Crippen molar-refractivity contribution in [2.45, 2.75) is 39.5 Å². The Morgan fingerprint density at radius 3 is 2.47 bits per heavy atom. The maximum Gasteiger partial charge on any atom is 0.0955 e. The Labute approximate surface area is 105 Å². The van der Waals surface area contributed by atoms with Crippen LogP contribution in [0, 0.1) is 12.3 Å². The molecule has 94 valence electrons. The molecule has 0 fully saturated rings. The van der Waals surface area contributed by atoms with Gasteiger partial charge in [-0.3, -0.25) is 5.41 Å². The normalized spacial score (nSPS) is 10.7. The van der Waals surface area contributed by atoms with Crippen LogP contribution in [-0.4, -0.2) is 24.8 Å². The minimum Gasteiger partial charge on any atom is -0.367 e. The summed E-state index contributed by atoms with van der Waals surface area (Å²) < 4.78 is 0. The second-order valence-corrected chi connectivity index (χ2v) is 5.20. The van der Waals surface area contributed by atoms with Crippen LogP contribution in [0.25, 0.3) is 0 Å². The lowest BCUT2D eigenvalue weighted by atomic mass is 9.93. The molecule has 1 aromatic carbocycles. The molecule has 0 radical (unpaired) electrons. The van der Waals surface area contributed by atoms with Crippen LogP contribution in [0.4, 0.5) is 0 Å². The smallest absolute Gasteiger partial charge is 0.0955 e. The molecule has 2 heteroatoms. The van der Waals surface area contributed by atoms with E-state index in [0.717, 1.165) is 12.8 Å². The average Bonchev–Trinajstić information content (AvgIpc) is 2.25. The molecule has 0 aromatic heterocycles. The standard InChI is InChI=1S/C15H24N2/c1-11(2)14-8-6-12(3)10-13(14)7-9-15(16)17(4)5/h6,8,10-11,16H,7,9H2,1-5H3. The average molecular weight is 232 g/mol. The van der Waals surface area contributed by atoms with Crippen LogP contribution in [0.3, 0.4) is 0 Å². The number of nitrogens with one attached hydrogen (secondary N) is 1. The lowest BCUT2D eigenvalue weighted by Gasteiger charge is -2.16. The Morgan fingerprint density at radius 1 is 1.29 bits per heavy atom. The van der Waals surface area contributed by atoms with Gasteiger partial charge < -0.3 is 4.90 Å². The number of aryl methyl sites for hydroxylation is 2. The van der Waals surface area contributed by atoms with Crippen molar-refractivity contribution in [1.29, 1.82) is 5.41 Å². The van der Waals surface area contributed by atoms with E-state index in [1.54, 1.807) is 0 Å². The molecule has 17 heavy (non-hydrogen) atoms. The second-order valence-electron chi connectivity index (χ2n) is 5.20. The fourth-order valence-electron chi connectivity index (χ4n) is 1.99. The lowest BCUT2D eigenvalue weighted by molar-refractivity contribution is 0.596. The van der Waals surface area contributed by atoms with Gasteiger partial charge in [0.15, 0.2) is 0 Å². The Bertz CT molecular complexity index is 392. The predicted octanol–water partition coefficient (Wildman–Crippen LogP) is 3.59. The van der Waals surface area contributed by atoms with Crippen molar-refractivity contribution in [1.82, 2.24) is 4.90 Å². The van der Waals surface area contributed by atoms with E-state index in [-0.39, 0.29) is 0 Å². The Morgan fingerprint density at radius 2 is 1.94 bits per heavy atom. The lowest BCUT2D eigenvalue weighted by Crippen LogP contribution is -2.21. The molecule has 0 spiro atoms. The summed E-state index contributed by atoms with van der Waals surface area (Å²) in [7, 11) is 3.86. The van der Waals surface area contributed by atoms with Crippen molar-refractivity contribution in [3.8, 4) is 0 Å². The Balaban J connectivity index is 2.82. The SMILES string of the molecule is Cc1ccc(C(C)C)c(CCC(=N)N(C)C)c1. The van der Waals surface area contributed by atoms with Crippen LogP contribution in [0.1, 0.15) is 42.9 Å². The van der Waals surface area contributed by atoms with Crippen molar-refractivity contribution >= 4 is 5.84 Å². The van der Waals surface area contributed by atoms with Crippen molar-refractivity contribution in [2.24, 2.45) is 0 Å². The van der Waals surface area contributed by atoms with Gasteiger partial charge in [0.05, 0.1) is 5.84 Å². The molecule has 0 aliphatic rings. The van der Waals surface area contributed by atoms with E-state index in [1.165, 1.54) is 16.7 Å². The van der Waals surface area contributed by atoms with Crippen LogP contribution in [0.2, 0.25) is 0 Å². The summed E-state index contributed by atoms with van der Waals surface area (Å²) in [5.74, 6) is 1.25. The van der Waals surface area contributed by atoms with Crippen LogP contribution >= 0.6 is 0 Å². The molecule has 0 aliphatic heterocycles. The molecule has 2 nitrogen and oxygen atoms in total. The van der Waals surface area contributed by atoms with Crippen molar-refractivity contribution < 1.29 is 0 Å². The van der Waals surface area contributed by atoms with Crippen molar-refractivity contribution in [3.05, 3.63) is 34.9 Å². The summed E-state index contributed by atoms with van der Waals surface area (Å²) in [6, 6.07) is 6.67. The van der Waals surface area contributed by atoms with Gasteiger partial charge in [-0.15, -0.1) is 0 Å². The molecule has 1 N–H and O–H groups in total. The van der Waals surface area contributed by atoms with E-state index < -0.39 is 0 Å². The quantitative estimate of drug-likeness (QED) is 0.623. The predicted molar refractivity (Wildman–Crippen MR) is 75.0 cm³/mol. The Kier molecular flexibility index (Phi) is 4.73. The highest BCUT2D eigenvalue weighted by Gasteiger charge is 2.08. The fourth-order valence-corrected chi connectivity index (χ4v) is 1.99. The van der Waals surface area contributed by atoms with E-state index in [1.807, 2.05) is 19.0 Å². The van der Waals surface area contributed by atoms with Gasteiger partial charge in [-0.2, -0.15) is 0 Å². The first-order chi connectivity index (χ1) is 7.91. The summed E-state index contributed by atoms with van der Waals surface area (Å²) >= 11 is 0. The van der Waals surface area contributed by atoms with Gasteiger partial charge in [-0.25, -0.2) is 0 Å². The van der Waals surface area contributed by atoms with Crippen LogP contribution in [0.15, 0.2) is 18.2 Å². The van der Waals surface area contributed by atoms with Gasteiger partial charge in [0.25, 0.3) is 0 Å². The highest BCUT2D eigenvalue weighted by atomic mass is 15.1. The summed E-state index contributed by atoms with van der Waals surface area (Å²) in [4.78, 5) is 1.88. The van der Waals surface area contributed by atoms with Gasteiger partial charge in [0.2, 0.25) is 0 Å². The van der Waals surface area contributed by atoms with Crippen LogP contribution < -0.4 is 0 Å². The molecule has 0 aliphatic carbocycles. The summed E-state index contributed by atoms with van der Waals surface area (Å²) in [5, 5.41) is 7.85. The molecule has 0 unspecified atom stereocenters. The molecule has 0 saturated carbocycles. The largest absolute Gasteiger partial charge is 0.367 e. The van der Waals surface area contributed by atoms with Gasteiger partial charge in [-0.1, -0.05) is 37.6 Å². The maximum absolute atomic E-state index is 7.85. The molecule has 0 bridgehead atoms. The zero-order valence-electron chi connectivity index (χ0n) is 11.7. The maximum atomic E-state index is 7.85.